The minimum absolute atomic E-state index is 0.500. The van der Waals surface area contributed by atoms with Crippen LogP contribution in [0.4, 0.5) is 0 Å². The number of hydrogen-bond donors (Lipinski definition) is 0. The Morgan fingerprint density at radius 3 is 2.08 bits per heavy atom. The first kappa shape index (κ1) is 33.2. The predicted molar refractivity (Wildman–Crippen MR) is 169 cm³/mol. The summed E-state index contributed by atoms with van der Waals surface area (Å²) in [5.74, 6) is 6.70. The SMILES string of the molecule is CCC(/C=C/C(C)C1CCC2C3CC(OC)C4CCCCC4(C)C3CC[C@]12C)C(C)C.CCCC(CC)OC. The quantitative estimate of drug-likeness (QED) is 0.255. The molecule has 0 aromatic carbocycles. The van der Waals surface area contributed by atoms with Crippen molar-refractivity contribution in [2.45, 2.75) is 151 Å². The third-order valence-corrected chi connectivity index (χ3v) is 13.0. The first-order valence-corrected chi connectivity index (χ1v) is 17.3. The Hall–Kier alpha value is -0.340. The standard InChI is InChI=1S/C30H52O.C7H16O/c1-8-22(20(2)3)13-12-21(4)24-14-15-25-23-19-28(31-7)27-11-9-10-17-29(27,5)26(23)16-18-30(24,25)6;1-4-6-7(5-2)8-3/h12-13,20-28H,8-11,14-19H2,1-7H3;7H,4-6H2,1-3H3/b13-12+;/t21?,22?,23?,24?,25?,26?,27?,28?,29?,30-;/m1./s1. The van der Waals surface area contributed by atoms with Gasteiger partial charge in [-0.2, -0.15) is 0 Å². The summed E-state index contributed by atoms with van der Waals surface area (Å²) in [7, 11) is 3.79. The molecule has 0 aromatic heterocycles. The van der Waals surface area contributed by atoms with Crippen molar-refractivity contribution in [1.29, 1.82) is 0 Å². The Morgan fingerprint density at radius 1 is 0.795 bits per heavy atom. The summed E-state index contributed by atoms with van der Waals surface area (Å²) < 4.78 is 11.4. The molecule has 0 amide bonds. The number of methoxy groups -OCH3 is 2. The third-order valence-electron chi connectivity index (χ3n) is 13.0. The number of hydrogen-bond acceptors (Lipinski definition) is 2. The van der Waals surface area contributed by atoms with Gasteiger partial charge in [0.15, 0.2) is 0 Å². The summed E-state index contributed by atoms with van der Waals surface area (Å²) in [4.78, 5) is 0. The van der Waals surface area contributed by atoms with Gasteiger partial charge in [-0.05, 0) is 122 Å². The second kappa shape index (κ2) is 14.7. The van der Waals surface area contributed by atoms with Gasteiger partial charge in [0.1, 0.15) is 0 Å². The Balaban J connectivity index is 0.000000459. The minimum Gasteiger partial charge on any atom is -0.381 e. The molecule has 4 aliphatic rings. The molecule has 10 unspecified atom stereocenters. The van der Waals surface area contributed by atoms with Gasteiger partial charge < -0.3 is 9.47 Å². The predicted octanol–water partition coefficient (Wildman–Crippen LogP) is 10.7. The molecule has 4 fully saturated rings. The molecule has 0 heterocycles. The lowest BCUT2D eigenvalue weighted by Crippen LogP contribution is -2.57. The molecular weight excluding hydrogens is 476 g/mol. The maximum Gasteiger partial charge on any atom is 0.0607 e. The molecule has 0 aliphatic heterocycles. The van der Waals surface area contributed by atoms with Crippen molar-refractivity contribution in [1.82, 2.24) is 0 Å². The van der Waals surface area contributed by atoms with Crippen LogP contribution in [0.15, 0.2) is 12.2 Å². The highest BCUT2D eigenvalue weighted by atomic mass is 16.5. The van der Waals surface area contributed by atoms with E-state index >= 15 is 0 Å². The fraction of sp³-hybridized carbons (Fsp3) is 0.946. The van der Waals surface area contributed by atoms with Crippen molar-refractivity contribution in [3.63, 3.8) is 0 Å². The van der Waals surface area contributed by atoms with Crippen LogP contribution in [-0.2, 0) is 9.47 Å². The first-order valence-electron chi connectivity index (χ1n) is 17.3. The van der Waals surface area contributed by atoms with Gasteiger partial charge in [-0.1, -0.05) is 86.8 Å². The smallest absolute Gasteiger partial charge is 0.0607 e. The van der Waals surface area contributed by atoms with E-state index in [4.69, 9.17) is 9.47 Å². The van der Waals surface area contributed by atoms with Crippen molar-refractivity contribution in [3.8, 4) is 0 Å². The average Bonchev–Trinajstić information content (AvgIpc) is 3.28. The van der Waals surface area contributed by atoms with Crippen LogP contribution in [0.3, 0.4) is 0 Å². The summed E-state index contributed by atoms with van der Waals surface area (Å²) >= 11 is 0. The number of fused-ring (bicyclic) bond motifs is 5. The van der Waals surface area contributed by atoms with Crippen LogP contribution >= 0.6 is 0 Å². The fourth-order valence-electron chi connectivity index (χ4n) is 10.6. The molecule has 2 nitrogen and oxygen atoms in total. The van der Waals surface area contributed by atoms with Crippen molar-refractivity contribution >= 4 is 0 Å². The highest BCUT2D eigenvalue weighted by molar-refractivity contribution is 5.12. The van der Waals surface area contributed by atoms with Crippen LogP contribution in [0.25, 0.3) is 0 Å². The highest BCUT2D eigenvalue weighted by Gasteiger charge is 2.62. The van der Waals surface area contributed by atoms with Crippen LogP contribution in [0.1, 0.15) is 139 Å². The van der Waals surface area contributed by atoms with Crippen molar-refractivity contribution in [2.24, 2.45) is 58.2 Å². The van der Waals surface area contributed by atoms with E-state index < -0.39 is 0 Å². The molecule has 39 heavy (non-hydrogen) atoms. The fourth-order valence-corrected chi connectivity index (χ4v) is 10.6. The van der Waals surface area contributed by atoms with Gasteiger partial charge in [0.2, 0.25) is 0 Å². The summed E-state index contributed by atoms with van der Waals surface area (Å²) in [5.41, 5.74) is 1.08. The van der Waals surface area contributed by atoms with E-state index in [2.05, 4.69) is 67.5 Å². The van der Waals surface area contributed by atoms with Gasteiger partial charge in [0, 0.05) is 14.2 Å². The second-order valence-corrected chi connectivity index (χ2v) is 15.1. The lowest BCUT2D eigenvalue weighted by Gasteiger charge is -2.62. The number of ether oxygens (including phenoxy) is 2. The molecule has 2 heteroatoms. The minimum atomic E-state index is 0.500. The van der Waals surface area contributed by atoms with Crippen LogP contribution in [0.5, 0.6) is 0 Å². The van der Waals surface area contributed by atoms with E-state index in [0.717, 1.165) is 53.8 Å². The zero-order chi connectivity index (χ0) is 28.8. The summed E-state index contributed by atoms with van der Waals surface area (Å²) in [6, 6.07) is 0. The molecule has 0 N–H and O–H groups in total. The maximum absolute atomic E-state index is 6.22. The van der Waals surface area contributed by atoms with E-state index in [1.807, 2.05) is 7.11 Å². The largest absolute Gasteiger partial charge is 0.381 e. The molecule has 0 aromatic rings. The summed E-state index contributed by atoms with van der Waals surface area (Å²) in [6.07, 6.45) is 24.0. The van der Waals surface area contributed by atoms with Crippen LogP contribution in [-0.4, -0.2) is 26.4 Å². The number of allylic oxidation sites excluding steroid dienone is 2. The van der Waals surface area contributed by atoms with Gasteiger partial charge in [0.25, 0.3) is 0 Å². The molecule has 4 saturated carbocycles. The van der Waals surface area contributed by atoms with E-state index in [0.29, 0.717) is 23.0 Å². The van der Waals surface area contributed by atoms with E-state index in [9.17, 15) is 0 Å². The molecule has 228 valence electrons. The molecule has 11 atom stereocenters. The lowest BCUT2D eigenvalue weighted by molar-refractivity contribution is -0.166. The third kappa shape index (κ3) is 7.01. The van der Waals surface area contributed by atoms with Crippen molar-refractivity contribution in [2.75, 3.05) is 14.2 Å². The molecule has 0 saturated heterocycles. The van der Waals surface area contributed by atoms with Gasteiger partial charge in [-0.25, -0.2) is 0 Å². The lowest BCUT2D eigenvalue weighted by atomic mass is 9.44. The van der Waals surface area contributed by atoms with E-state index in [1.165, 1.54) is 77.0 Å². The van der Waals surface area contributed by atoms with Crippen LogP contribution in [0, 0.1) is 58.2 Å². The summed E-state index contributed by atoms with van der Waals surface area (Å²) in [6.45, 7) is 19.4. The molecule has 0 spiro atoms. The Morgan fingerprint density at radius 2 is 1.51 bits per heavy atom. The van der Waals surface area contributed by atoms with Gasteiger partial charge >= 0.3 is 0 Å². The Labute approximate surface area is 244 Å². The van der Waals surface area contributed by atoms with Gasteiger partial charge in [-0.3, -0.25) is 0 Å². The maximum atomic E-state index is 6.22. The first-order chi connectivity index (χ1) is 18.6. The topological polar surface area (TPSA) is 18.5 Å². The molecular formula is C37H68O2. The van der Waals surface area contributed by atoms with E-state index in [1.54, 1.807) is 7.11 Å². The highest BCUT2D eigenvalue weighted by Crippen LogP contribution is 2.68. The van der Waals surface area contributed by atoms with Gasteiger partial charge in [-0.15, -0.1) is 0 Å². The Kier molecular flexibility index (Phi) is 12.5. The van der Waals surface area contributed by atoms with Gasteiger partial charge in [0.05, 0.1) is 12.2 Å². The average molecular weight is 545 g/mol. The van der Waals surface area contributed by atoms with Crippen LogP contribution < -0.4 is 0 Å². The monoisotopic (exact) mass is 545 g/mol. The normalized spacial score (nSPS) is 40.3. The second-order valence-electron chi connectivity index (χ2n) is 15.1. The molecule has 4 aliphatic carbocycles. The van der Waals surface area contributed by atoms with Crippen molar-refractivity contribution < 1.29 is 9.47 Å². The number of rotatable bonds is 10. The molecule has 0 bridgehead atoms. The summed E-state index contributed by atoms with van der Waals surface area (Å²) in [5, 5.41) is 0. The molecule has 4 rings (SSSR count). The zero-order valence-corrected chi connectivity index (χ0v) is 27.9. The van der Waals surface area contributed by atoms with E-state index in [-0.39, 0.29) is 0 Å². The molecule has 0 radical (unpaired) electrons. The van der Waals surface area contributed by atoms with Crippen molar-refractivity contribution in [3.05, 3.63) is 12.2 Å². The Bertz CT molecular complexity index is 740. The van der Waals surface area contributed by atoms with Crippen LogP contribution in [0.2, 0.25) is 0 Å². The zero-order valence-electron chi connectivity index (χ0n) is 27.9.